The van der Waals surface area contributed by atoms with Crippen LogP contribution in [0.4, 0.5) is 0 Å². The van der Waals surface area contributed by atoms with Crippen LogP contribution in [0.5, 0.6) is 0 Å². The van der Waals surface area contributed by atoms with Gasteiger partial charge in [0.2, 0.25) is 0 Å². The molecule has 0 saturated carbocycles. The van der Waals surface area contributed by atoms with E-state index in [4.69, 9.17) is 23.4 Å². The van der Waals surface area contributed by atoms with E-state index in [1.807, 2.05) is 23.5 Å². The number of benzene rings is 2. The molecular formula is C15H16ClPS2. The third-order valence-corrected chi connectivity index (χ3v) is 10.9. The van der Waals surface area contributed by atoms with Crippen LogP contribution in [0.25, 0.3) is 0 Å². The Balaban J connectivity index is 2.36. The number of rotatable bonds is 6. The van der Waals surface area contributed by atoms with E-state index in [1.165, 1.54) is 10.6 Å². The summed E-state index contributed by atoms with van der Waals surface area (Å²) in [5.74, 6) is 1.72. The summed E-state index contributed by atoms with van der Waals surface area (Å²) in [5, 5.41) is 0.785. The molecule has 0 aromatic heterocycles. The Bertz CT molecular complexity index is 499. The van der Waals surface area contributed by atoms with Gasteiger partial charge in [-0.2, -0.15) is 0 Å². The Morgan fingerprint density at radius 3 is 1.79 bits per heavy atom. The van der Waals surface area contributed by atoms with Gasteiger partial charge in [0.15, 0.2) is 0 Å². The summed E-state index contributed by atoms with van der Waals surface area (Å²) in [6, 6.07) is 21.0. The van der Waals surface area contributed by atoms with Crippen molar-refractivity contribution in [2.45, 2.75) is 6.42 Å². The fourth-order valence-corrected chi connectivity index (χ4v) is 8.53. The van der Waals surface area contributed by atoms with E-state index in [2.05, 4.69) is 48.5 Å². The molecule has 0 N–H and O–H groups in total. The van der Waals surface area contributed by atoms with E-state index in [0.29, 0.717) is 5.88 Å². The van der Waals surface area contributed by atoms with Crippen molar-refractivity contribution in [2.24, 2.45) is 0 Å². The summed E-state index contributed by atoms with van der Waals surface area (Å²) < 4.78 is 0. The highest BCUT2D eigenvalue weighted by molar-refractivity contribution is 8.75. The average molecular weight is 327 g/mol. The number of hydrogen-bond donors (Lipinski definition) is 0. The predicted octanol–water partition coefficient (Wildman–Crippen LogP) is 4.39. The molecule has 2 aromatic carbocycles. The van der Waals surface area contributed by atoms with Crippen LogP contribution in [0.3, 0.4) is 0 Å². The van der Waals surface area contributed by atoms with Crippen LogP contribution in [0.1, 0.15) is 6.42 Å². The molecule has 2 aromatic rings. The zero-order valence-electron chi connectivity index (χ0n) is 10.5. The first-order chi connectivity index (χ1) is 9.27. The van der Waals surface area contributed by atoms with Gasteiger partial charge in [0.1, 0.15) is 0 Å². The van der Waals surface area contributed by atoms with Gasteiger partial charge in [-0.1, -0.05) is 72.5 Å². The van der Waals surface area contributed by atoms with Gasteiger partial charge in [-0.05, 0) is 22.8 Å². The smallest absolute Gasteiger partial charge is 0.0613 e. The molecule has 0 saturated heterocycles. The van der Waals surface area contributed by atoms with Crippen LogP contribution in [0.2, 0.25) is 0 Å². The number of alkyl halides is 1. The van der Waals surface area contributed by atoms with E-state index >= 15 is 0 Å². The lowest BCUT2D eigenvalue weighted by atomic mass is 10.4. The van der Waals surface area contributed by atoms with Gasteiger partial charge in [0.25, 0.3) is 0 Å². The summed E-state index contributed by atoms with van der Waals surface area (Å²) in [4.78, 5) is 0. The Morgan fingerprint density at radius 1 is 0.895 bits per heavy atom. The fourth-order valence-electron chi connectivity index (χ4n) is 1.79. The first kappa shape index (κ1) is 15.1. The van der Waals surface area contributed by atoms with Gasteiger partial charge >= 0.3 is 0 Å². The van der Waals surface area contributed by atoms with Crippen molar-refractivity contribution < 1.29 is 0 Å². The molecule has 0 unspecified atom stereocenters. The summed E-state index contributed by atoms with van der Waals surface area (Å²) in [6.07, 6.45) is 1.00. The standard InChI is InChI=1S/C15H16ClPS2/c16-12-7-13-19-17(18,14-8-3-1-4-9-14)15-10-5-2-6-11-15/h1-6,8-11H,7,12-13H2. The van der Waals surface area contributed by atoms with Crippen molar-refractivity contribution >= 4 is 50.6 Å². The topological polar surface area (TPSA) is 0 Å². The van der Waals surface area contributed by atoms with Gasteiger partial charge in [0, 0.05) is 5.88 Å². The lowest BCUT2D eigenvalue weighted by Crippen LogP contribution is -2.13. The molecule has 0 spiro atoms. The Labute approximate surface area is 129 Å². The molecule has 2 rings (SSSR count). The molecule has 0 nitrogen and oxygen atoms in total. The third kappa shape index (κ3) is 3.86. The Hall–Kier alpha value is -0.270. The Morgan fingerprint density at radius 2 is 1.37 bits per heavy atom. The van der Waals surface area contributed by atoms with Crippen LogP contribution >= 0.6 is 28.2 Å². The third-order valence-electron chi connectivity index (χ3n) is 2.74. The van der Waals surface area contributed by atoms with Crippen LogP contribution in [-0.4, -0.2) is 11.6 Å². The molecule has 100 valence electrons. The first-order valence-electron chi connectivity index (χ1n) is 6.19. The van der Waals surface area contributed by atoms with E-state index in [9.17, 15) is 0 Å². The minimum atomic E-state index is -1.76. The molecule has 0 radical (unpaired) electrons. The van der Waals surface area contributed by atoms with Crippen molar-refractivity contribution in [1.82, 2.24) is 0 Å². The fraction of sp³-hybridized carbons (Fsp3) is 0.200. The molecule has 19 heavy (non-hydrogen) atoms. The van der Waals surface area contributed by atoms with Crippen molar-refractivity contribution in [3.8, 4) is 0 Å². The minimum Gasteiger partial charge on any atom is -0.127 e. The maximum atomic E-state index is 6.08. The van der Waals surface area contributed by atoms with E-state index in [-0.39, 0.29) is 0 Å². The zero-order chi connectivity index (χ0) is 13.6. The maximum Gasteiger partial charge on any atom is 0.0613 e. The SMILES string of the molecule is S=P(SCCCCl)(c1ccccc1)c1ccccc1. The molecule has 0 aliphatic carbocycles. The second kappa shape index (κ2) is 7.50. The van der Waals surface area contributed by atoms with E-state index in [1.54, 1.807) is 0 Å². The number of halogens is 1. The molecule has 0 heterocycles. The molecule has 0 fully saturated rings. The highest BCUT2D eigenvalue weighted by atomic mass is 35.5. The monoisotopic (exact) mass is 326 g/mol. The van der Waals surface area contributed by atoms with Gasteiger partial charge in [-0.15, -0.1) is 23.0 Å². The summed E-state index contributed by atoms with van der Waals surface area (Å²) in [5.41, 5.74) is 0. The van der Waals surface area contributed by atoms with Gasteiger partial charge in [-0.25, -0.2) is 0 Å². The van der Waals surface area contributed by atoms with Crippen LogP contribution in [-0.2, 0) is 11.8 Å². The van der Waals surface area contributed by atoms with Gasteiger partial charge < -0.3 is 0 Å². The summed E-state index contributed by atoms with van der Waals surface area (Å²) in [6.45, 7) is 0. The molecule has 0 amide bonds. The van der Waals surface area contributed by atoms with Crippen LogP contribution in [0, 0.1) is 0 Å². The lowest BCUT2D eigenvalue weighted by Gasteiger charge is -2.22. The van der Waals surface area contributed by atoms with Crippen molar-refractivity contribution in [3.63, 3.8) is 0 Å². The zero-order valence-corrected chi connectivity index (χ0v) is 13.8. The van der Waals surface area contributed by atoms with Crippen molar-refractivity contribution in [3.05, 3.63) is 60.7 Å². The van der Waals surface area contributed by atoms with E-state index in [0.717, 1.165) is 12.2 Å². The molecule has 4 heteroatoms. The highest BCUT2D eigenvalue weighted by Crippen LogP contribution is 2.56. The van der Waals surface area contributed by atoms with Crippen molar-refractivity contribution in [2.75, 3.05) is 11.6 Å². The molecule has 0 atom stereocenters. The summed E-state index contributed by atoms with van der Waals surface area (Å²) in [7, 11) is 0. The van der Waals surface area contributed by atoms with Gasteiger partial charge in [0.05, 0.1) is 5.24 Å². The average Bonchev–Trinajstić information content (AvgIpc) is 2.49. The quantitative estimate of drug-likeness (QED) is 0.438. The Kier molecular flexibility index (Phi) is 5.97. The van der Waals surface area contributed by atoms with Crippen molar-refractivity contribution in [1.29, 1.82) is 0 Å². The first-order valence-corrected chi connectivity index (χ1v) is 11.1. The normalized spacial score (nSPS) is 11.4. The minimum absolute atomic E-state index is 0.700. The van der Waals surface area contributed by atoms with Gasteiger partial charge in [-0.3, -0.25) is 0 Å². The summed E-state index contributed by atoms with van der Waals surface area (Å²) >= 11 is 13.8. The molecule has 0 aliphatic rings. The molecule has 0 aliphatic heterocycles. The molecular weight excluding hydrogens is 311 g/mol. The van der Waals surface area contributed by atoms with Crippen LogP contribution < -0.4 is 10.6 Å². The highest BCUT2D eigenvalue weighted by Gasteiger charge is 2.22. The molecule has 0 bridgehead atoms. The second-order valence-electron chi connectivity index (χ2n) is 4.10. The largest absolute Gasteiger partial charge is 0.127 e. The lowest BCUT2D eigenvalue weighted by molar-refractivity contribution is 1.12. The van der Waals surface area contributed by atoms with E-state index < -0.39 is 5.24 Å². The number of hydrogen-bond acceptors (Lipinski definition) is 2. The predicted molar refractivity (Wildman–Crippen MR) is 94.2 cm³/mol. The maximum absolute atomic E-state index is 6.08. The van der Waals surface area contributed by atoms with Crippen LogP contribution in [0.15, 0.2) is 60.7 Å². The second-order valence-corrected chi connectivity index (χ2v) is 12.0.